The van der Waals surface area contributed by atoms with Crippen LogP contribution in [0.4, 0.5) is 4.79 Å². The Hall–Kier alpha value is -3.00. The summed E-state index contributed by atoms with van der Waals surface area (Å²) in [5.74, 6) is 0.391. The number of ether oxygens (including phenoxy) is 1. The van der Waals surface area contributed by atoms with Gasteiger partial charge in [-0.05, 0) is 48.6 Å². The number of benzene rings is 2. The Labute approximate surface area is 167 Å². The second kappa shape index (κ2) is 7.93. The number of nitrogens with one attached hydrogen (secondary N) is 2. The maximum atomic E-state index is 12.9. The average Bonchev–Trinajstić information content (AvgIpc) is 2.93. The van der Waals surface area contributed by atoms with E-state index in [2.05, 4.69) is 10.7 Å². The predicted octanol–water partition coefficient (Wildman–Crippen LogP) is 2.67. The number of imide groups is 1. The molecule has 1 aliphatic heterocycles. The second-order valence-electron chi connectivity index (χ2n) is 6.50. The number of hydrogen-bond donors (Lipinski definition) is 2. The van der Waals surface area contributed by atoms with Gasteiger partial charge in [0, 0.05) is 11.3 Å². The molecule has 8 heteroatoms. The van der Waals surface area contributed by atoms with Crippen molar-refractivity contribution in [1.29, 1.82) is 0 Å². The van der Waals surface area contributed by atoms with E-state index in [-0.39, 0.29) is 0 Å². The fourth-order valence-electron chi connectivity index (χ4n) is 2.95. The number of hydrazine groups is 1. The molecule has 0 bridgehead atoms. The summed E-state index contributed by atoms with van der Waals surface area (Å²) in [5.41, 5.74) is 3.16. The van der Waals surface area contributed by atoms with Crippen LogP contribution in [0.15, 0.2) is 48.5 Å². The van der Waals surface area contributed by atoms with Gasteiger partial charge in [0.25, 0.3) is 11.8 Å². The van der Waals surface area contributed by atoms with Gasteiger partial charge in [0.05, 0.1) is 7.11 Å². The fourth-order valence-corrected chi connectivity index (χ4v) is 3.47. The van der Waals surface area contributed by atoms with Gasteiger partial charge < -0.3 is 10.1 Å². The Bertz CT molecular complexity index is 899. The van der Waals surface area contributed by atoms with Crippen molar-refractivity contribution in [3.05, 3.63) is 65.2 Å². The standard InChI is InChI=1S/C20H21N3O4S/c1-20(15-8-10-16(27-2)11-9-15)18(25)23(19(26)21-20)22-17(24)14-6-4-13(5-7-14)12-28-3/h4-11H,12H2,1-3H3,(H,21,26)(H,22,24)/t20-/m0/s1. The minimum Gasteiger partial charge on any atom is -0.497 e. The molecule has 2 N–H and O–H groups in total. The molecule has 1 saturated heterocycles. The highest BCUT2D eigenvalue weighted by Gasteiger charge is 2.50. The number of amides is 4. The lowest BCUT2D eigenvalue weighted by Gasteiger charge is -2.22. The SMILES string of the molecule is COc1ccc([C@]2(C)NC(=O)N(NC(=O)c3ccc(CSC)cc3)C2=O)cc1. The molecule has 0 aromatic heterocycles. The van der Waals surface area contributed by atoms with Crippen LogP contribution in [0.1, 0.15) is 28.4 Å². The van der Waals surface area contributed by atoms with Gasteiger partial charge in [0.1, 0.15) is 11.3 Å². The summed E-state index contributed by atoms with van der Waals surface area (Å²) in [5, 5.41) is 3.37. The molecule has 2 aromatic rings. The van der Waals surface area contributed by atoms with E-state index in [1.165, 1.54) is 0 Å². The van der Waals surface area contributed by atoms with Crippen molar-refractivity contribution < 1.29 is 19.1 Å². The summed E-state index contributed by atoms with van der Waals surface area (Å²) in [4.78, 5) is 37.7. The molecule has 146 valence electrons. The third-order valence-corrected chi connectivity index (χ3v) is 5.22. The minimum atomic E-state index is -1.28. The van der Waals surface area contributed by atoms with E-state index in [9.17, 15) is 14.4 Å². The zero-order valence-electron chi connectivity index (χ0n) is 15.8. The van der Waals surface area contributed by atoms with E-state index in [4.69, 9.17) is 4.74 Å². The molecular weight excluding hydrogens is 378 g/mol. The molecule has 0 spiro atoms. The van der Waals surface area contributed by atoms with Crippen LogP contribution < -0.4 is 15.5 Å². The molecular formula is C20H21N3O4S. The van der Waals surface area contributed by atoms with Crippen LogP contribution in [0, 0.1) is 0 Å². The highest BCUT2D eigenvalue weighted by molar-refractivity contribution is 7.97. The third-order valence-electron chi connectivity index (χ3n) is 4.60. The molecule has 1 fully saturated rings. The molecule has 2 aromatic carbocycles. The molecule has 0 aliphatic carbocycles. The normalized spacial score (nSPS) is 18.8. The van der Waals surface area contributed by atoms with E-state index in [1.54, 1.807) is 62.2 Å². The van der Waals surface area contributed by atoms with Crippen molar-refractivity contribution in [2.24, 2.45) is 0 Å². The first-order valence-electron chi connectivity index (χ1n) is 8.59. The summed E-state index contributed by atoms with van der Waals surface area (Å²) < 4.78 is 5.12. The molecule has 0 radical (unpaired) electrons. The van der Waals surface area contributed by atoms with Crippen LogP contribution in [-0.2, 0) is 16.1 Å². The van der Waals surface area contributed by atoms with Crippen molar-refractivity contribution >= 4 is 29.6 Å². The van der Waals surface area contributed by atoms with Crippen LogP contribution in [0.5, 0.6) is 5.75 Å². The van der Waals surface area contributed by atoms with Gasteiger partial charge in [-0.2, -0.15) is 16.8 Å². The van der Waals surface area contributed by atoms with E-state index >= 15 is 0 Å². The fraction of sp³-hybridized carbons (Fsp3) is 0.250. The first-order valence-corrected chi connectivity index (χ1v) is 9.98. The molecule has 3 rings (SSSR count). The van der Waals surface area contributed by atoms with Gasteiger partial charge in [-0.25, -0.2) is 4.79 Å². The van der Waals surface area contributed by atoms with Crippen molar-refractivity contribution in [2.75, 3.05) is 13.4 Å². The number of thioether (sulfide) groups is 1. The van der Waals surface area contributed by atoms with Crippen molar-refractivity contribution in [3.8, 4) is 5.75 Å². The van der Waals surface area contributed by atoms with Gasteiger partial charge in [0.15, 0.2) is 0 Å². The lowest BCUT2D eigenvalue weighted by atomic mass is 9.92. The average molecular weight is 399 g/mol. The lowest BCUT2D eigenvalue weighted by Crippen LogP contribution is -2.47. The molecule has 28 heavy (non-hydrogen) atoms. The lowest BCUT2D eigenvalue weighted by molar-refractivity contribution is -0.132. The summed E-state index contributed by atoms with van der Waals surface area (Å²) in [7, 11) is 1.55. The summed E-state index contributed by atoms with van der Waals surface area (Å²) >= 11 is 1.68. The predicted molar refractivity (Wildman–Crippen MR) is 107 cm³/mol. The highest BCUT2D eigenvalue weighted by atomic mass is 32.2. The van der Waals surface area contributed by atoms with E-state index in [0.29, 0.717) is 16.9 Å². The van der Waals surface area contributed by atoms with Gasteiger partial charge in [0.2, 0.25) is 0 Å². The third kappa shape index (κ3) is 3.68. The number of carbonyl (C=O) groups is 3. The van der Waals surface area contributed by atoms with Gasteiger partial charge in [-0.3, -0.25) is 15.0 Å². The molecule has 0 saturated carbocycles. The van der Waals surface area contributed by atoms with Gasteiger partial charge in [-0.1, -0.05) is 24.3 Å². The first-order chi connectivity index (χ1) is 13.4. The van der Waals surface area contributed by atoms with Crippen LogP contribution in [0.3, 0.4) is 0 Å². The summed E-state index contributed by atoms with van der Waals surface area (Å²) in [6.45, 7) is 1.60. The number of methoxy groups -OCH3 is 1. The summed E-state index contributed by atoms with van der Waals surface area (Å²) in [6, 6.07) is 13.2. The molecule has 1 aliphatic rings. The number of hydrogen-bond acceptors (Lipinski definition) is 5. The van der Waals surface area contributed by atoms with E-state index in [1.807, 2.05) is 18.4 Å². The molecule has 1 heterocycles. The van der Waals surface area contributed by atoms with Crippen LogP contribution in [-0.4, -0.2) is 36.2 Å². The van der Waals surface area contributed by atoms with Crippen molar-refractivity contribution in [3.63, 3.8) is 0 Å². The molecule has 4 amide bonds. The Morgan fingerprint density at radius 2 is 1.79 bits per heavy atom. The van der Waals surface area contributed by atoms with Crippen molar-refractivity contribution in [1.82, 2.24) is 15.8 Å². The summed E-state index contributed by atoms with van der Waals surface area (Å²) in [6.07, 6.45) is 2.00. The Morgan fingerprint density at radius 1 is 1.14 bits per heavy atom. The number of carbonyl (C=O) groups excluding carboxylic acids is 3. The van der Waals surface area contributed by atoms with Crippen LogP contribution in [0.2, 0.25) is 0 Å². The number of rotatable bonds is 6. The minimum absolute atomic E-state index is 0.364. The van der Waals surface area contributed by atoms with Crippen LogP contribution in [0.25, 0.3) is 0 Å². The highest BCUT2D eigenvalue weighted by Crippen LogP contribution is 2.29. The monoisotopic (exact) mass is 399 g/mol. The van der Waals surface area contributed by atoms with E-state index in [0.717, 1.165) is 16.3 Å². The first kappa shape index (κ1) is 19.8. The maximum absolute atomic E-state index is 12.9. The smallest absolute Gasteiger partial charge is 0.344 e. The molecule has 0 unspecified atom stereocenters. The number of urea groups is 1. The Morgan fingerprint density at radius 3 is 2.36 bits per heavy atom. The maximum Gasteiger partial charge on any atom is 0.344 e. The zero-order valence-corrected chi connectivity index (χ0v) is 16.6. The van der Waals surface area contributed by atoms with Crippen molar-refractivity contribution in [2.45, 2.75) is 18.2 Å². The zero-order chi connectivity index (χ0) is 20.3. The second-order valence-corrected chi connectivity index (χ2v) is 7.36. The van der Waals surface area contributed by atoms with Gasteiger partial charge in [-0.15, -0.1) is 0 Å². The molecule has 1 atom stereocenters. The molecule has 7 nitrogen and oxygen atoms in total. The van der Waals surface area contributed by atoms with Gasteiger partial charge >= 0.3 is 6.03 Å². The van der Waals surface area contributed by atoms with E-state index < -0.39 is 23.4 Å². The quantitative estimate of drug-likeness (QED) is 0.729. The topological polar surface area (TPSA) is 87.7 Å². The van der Waals surface area contributed by atoms with Crippen LogP contribution >= 0.6 is 11.8 Å². The number of nitrogens with zero attached hydrogens (tertiary/aromatic N) is 1. The largest absolute Gasteiger partial charge is 0.497 e. The Kier molecular flexibility index (Phi) is 5.60. The Balaban J connectivity index is 1.76.